The molecule has 1 aromatic carbocycles. The van der Waals surface area contributed by atoms with Gasteiger partial charge in [0.15, 0.2) is 0 Å². The van der Waals surface area contributed by atoms with Crippen LogP contribution in [0.1, 0.15) is 30.0 Å². The minimum atomic E-state index is -0.877. The predicted molar refractivity (Wildman–Crippen MR) is 71.9 cm³/mol. The molecule has 0 spiro atoms. The summed E-state index contributed by atoms with van der Waals surface area (Å²) in [6.07, 6.45) is 1.67. The number of carbonyl (C=O) groups is 1. The Morgan fingerprint density at radius 1 is 1.63 bits per heavy atom. The summed E-state index contributed by atoms with van der Waals surface area (Å²) in [6.45, 7) is 2.29. The molecule has 0 fully saturated rings. The lowest BCUT2D eigenvalue weighted by atomic mass is 9.99. The van der Waals surface area contributed by atoms with Gasteiger partial charge in [-0.3, -0.25) is 4.79 Å². The van der Waals surface area contributed by atoms with Crippen molar-refractivity contribution < 1.29 is 14.6 Å². The van der Waals surface area contributed by atoms with E-state index >= 15 is 0 Å². The van der Waals surface area contributed by atoms with Crippen LogP contribution in [-0.4, -0.2) is 30.3 Å². The molecule has 2 rings (SSSR count). The molecule has 0 aliphatic carbocycles. The molecule has 0 bridgehead atoms. The predicted octanol–water partition coefficient (Wildman–Crippen LogP) is 0.645. The van der Waals surface area contributed by atoms with Gasteiger partial charge in [0.25, 0.3) is 0 Å². The Morgan fingerprint density at radius 2 is 2.42 bits per heavy atom. The third-order valence-corrected chi connectivity index (χ3v) is 3.35. The Bertz CT molecular complexity index is 462. The molecule has 0 aromatic heterocycles. The Hall–Kier alpha value is -1.59. The Balaban J connectivity index is 2.23. The highest BCUT2D eigenvalue weighted by atomic mass is 16.5. The van der Waals surface area contributed by atoms with Crippen molar-refractivity contribution in [3.8, 4) is 5.75 Å². The first kappa shape index (κ1) is 13.8. The largest absolute Gasteiger partial charge is 0.493 e. The molecule has 2 unspecified atom stereocenters. The van der Waals surface area contributed by atoms with Crippen LogP contribution in [0.4, 0.5) is 0 Å². The number of aliphatic hydroxyl groups excluding tert-OH is 1. The molecule has 5 nitrogen and oxygen atoms in total. The van der Waals surface area contributed by atoms with E-state index in [1.807, 2.05) is 25.1 Å². The summed E-state index contributed by atoms with van der Waals surface area (Å²) < 4.78 is 5.75. The first-order chi connectivity index (χ1) is 9.13. The standard InChI is InChI=1S/C14H20N2O3/c1-9-4-2-5-10-12(6-3-7-19-13(9)10)16-14(18)11(15)8-17/h2,4-5,11-12,17H,3,6-8,15H2,1H3,(H,16,18). The van der Waals surface area contributed by atoms with Crippen LogP contribution >= 0.6 is 0 Å². The van der Waals surface area contributed by atoms with Gasteiger partial charge in [0.1, 0.15) is 11.8 Å². The fourth-order valence-electron chi connectivity index (χ4n) is 2.28. The second-order valence-corrected chi connectivity index (χ2v) is 4.83. The van der Waals surface area contributed by atoms with Gasteiger partial charge in [-0.15, -0.1) is 0 Å². The van der Waals surface area contributed by atoms with Gasteiger partial charge in [0.05, 0.1) is 19.3 Å². The zero-order valence-corrected chi connectivity index (χ0v) is 11.1. The number of carbonyl (C=O) groups excluding carboxylic acids is 1. The van der Waals surface area contributed by atoms with Crippen LogP contribution in [0.3, 0.4) is 0 Å². The van der Waals surface area contributed by atoms with Gasteiger partial charge in [0.2, 0.25) is 5.91 Å². The molecular weight excluding hydrogens is 244 g/mol. The summed E-state index contributed by atoms with van der Waals surface area (Å²) in [5.74, 6) is 0.518. The summed E-state index contributed by atoms with van der Waals surface area (Å²) in [5, 5.41) is 11.8. The molecule has 0 radical (unpaired) electrons. The second kappa shape index (κ2) is 6.04. The molecule has 1 aliphatic heterocycles. The van der Waals surface area contributed by atoms with Crippen molar-refractivity contribution in [2.24, 2.45) is 5.73 Å². The first-order valence-electron chi connectivity index (χ1n) is 6.52. The van der Waals surface area contributed by atoms with Crippen LogP contribution in [0.15, 0.2) is 18.2 Å². The molecule has 2 atom stereocenters. The van der Waals surface area contributed by atoms with Crippen LogP contribution < -0.4 is 15.8 Å². The van der Waals surface area contributed by atoms with Crippen molar-refractivity contribution >= 4 is 5.91 Å². The fourth-order valence-corrected chi connectivity index (χ4v) is 2.28. The fraction of sp³-hybridized carbons (Fsp3) is 0.500. The minimum Gasteiger partial charge on any atom is -0.493 e. The van der Waals surface area contributed by atoms with Gasteiger partial charge in [-0.1, -0.05) is 18.2 Å². The number of aliphatic hydroxyl groups is 1. The summed E-state index contributed by atoms with van der Waals surface area (Å²) >= 11 is 0. The van der Waals surface area contributed by atoms with Crippen LogP contribution in [-0.2, 0) is 4.79 Å². The highest BCUT2D eigenvalue weighted by Crippen LogP contribution is 2.33. The van der Waals surface area contributed by atoms with Gasteiger partial charge in [-0.05, 0) is 25.3 Å². The molecule has 0 saturated carbocycles. The molecular formula is C14H20N2O3. The second-order valence-electron chi connectivity index (χ2n) is 4.83. The molecule has 1 heterocycles. The van der Waals surface area contributed by atoms with E-state index in [4.69, 9.17) is 15.6 Å². The molecule has 5 heteroatoms. The Labute approximate surface area is 112 Å². The smallest absolute Gasteiger partial charge is 0.239 e. The number of nitrogens with one attached hydrogen (secondary N) is 1. The van der Waals surface area contributed by atoms with Gasteiger partial charge < -0.3 is 20.9 Å². The molecule has 0 saturated heterocycles. The number of benzene rings is 1. The number of aryl methyl sites for hydroxylation is 1. The van der Waals surface area contributed by atoms with E-state index in [0.717, 1.165) is 29.7 Å². The maximum Gasteiger partial charge on any atom is 0.239 e. The van der Waals surface area contributed by atoms with Crippen molar-refractivity contribution in [3.05, 3.63) is 29.3 Å². The zero-order chi connectivity index (χ0) is 13.8. The highest BCUT2D eigenvalue weighted by molar-refractivity contribution is 5.82. The number of rotatable bonds is 3. The summed E-state index contributed by atoms with van der Waals surface area (Å²) in [5.41, 5.74) is 7.57. The number of ether oxygens (including phenoxy) is 1. The van der Waals surface area contributed by atoms with E-state index in [2.05, 4.69) is 5.32 Å². The number of fused-ring (bicyclic) bond motifs is 1. The van der Waals surface area contributed by atoms with Crippen molar-refractivity contribution in [1.82, 2.24) is 5.32 Å². The van der Waals surface area contributed by atoms with Gasteiger partial charge >= 0.3 is 0 Å². The van der Waals surface area contributed by atoms with Crippen LogP contribution in [0.2, 0.25) is 0 Å². The van der Waals surface area contributed by atoms with Crippen LogP contribution in [0.5, 0.6) is 5.75 Å². The normalized spacial score (nSPS) is 19.8. The number of hydrogen-bond donors (Lipinski definition) is 3. The zero-order valence-electron chi connectivity index (χ0n) is 11.1. The van der Waals surface area contributed by atoms with E-state index in [1.165, 1.54) is 0 Å². The van der Waals surface area contributed by atoms with E-state index in [0.29, 0.717) is 6.61 Å². The summed E-state index contributed by atoms with van der Waals surface area (Å²) in [7, 11) is 0. The number of hydrogen-bond acceptors (Lipinski definition) is 4. The first-order valence-corrected chi connectivity index (χ1v) is 6.52. The highest BCUT2D eigenvalue weighted by Gasteiger charge is 2.24. The Morgan fingerprint density at radius 3 is 3.16 bits per heavy atom. The maximum atomic E-state index is 11.8. The Kier molecular flexibility index (Phi) is 4.39. The molecule has 104 valence electrons. The van der Waals surface area contributed by atoms with Crippen molar-refractivity contribution in [2.45, 2.75) is 31.8 Å². The van der Waals surface area contributed by atoms with E-state index in [1.54, 1.807) is 0 Å². The van der Waals surface area contributed by atoms with E-state index < -0.39 is 6.04 Å². The van der Waals surface area contributed by atoms with E-state index in [-0.39, 0.29) is 18.6 Å². The average molecular weight is 264 g/mol. The summed E-state index contributed by atoms with van der Waals surface area (Å²) in [6, 6.07) is 4.92. The molecule has 1 aliphatic rings. The lowest BCUT2D eigenvalue weighted by Gasteiger charge is -2.20. The topological polar surface area (TPSA) is 84.6 Å². The average Bonchev–Trinajstić information content (AvgIpc) is 2.62. The van der Waals surface area contributed by atoms with Crippen molar-refractivity contribution in [3.63, 3.8) is 0 Å². The van der Waals surface area contributed by atoms with Crippen molar-refractivity contribution in [1.29, 1.82) is 0 Å². The lowest BCUT2D eigenvalue weighted by molar-refractivity contribution is -0.123. The third kappa shape index (κ3) is 3.05. The maximum absolute atomic E-state index is 11.8. The van der Waals surface area contributed by atoms with Crippen LogP contribution in [0.25, 0.3) is 0 Å². The summed E-state index contributed by atoms with van der Waals surface area (Å²) in [4.78, 5) is 11.8. The molecule has 1 amide bonds. The number of nitrogens with two attached hydrogens (primary N) is 1. The monoisotopic (exact) mass is 264 g/mol. The van der Waals surface area contributed by atoms with Gasteiger partial charge in [-0.25, -0.2) is 0 Å². The SMILES string of the molecule is Cc1cccc2c1OCCCC2NC(=O)C(N)CO. The van der Waals surface area contributed by atoms with Crippen molar-refractivity contribution in [2.75, 3.05) is 13.2 Å². The number of para-hydroxylation sites is 1. The minimum absolute atomic E-state index is 0.109. The van der Waals surface area contributed by atoms with Gasteiger partial charge in [-0.2, -0.15) is 0 Å². The van der Waals surface area contributed by atoms with E-state index in [9.17, 15) is 4.79 Å². The molecule has 4 N–H and O–H groups in total. The molecule has 1 aromatic rings. The lowest BCUT2D eigenvalue weighted by Crippen LogP contribution is -2.44. The third-order valence-electron chi connectivity index (χ3n) is 3.35. The molecule has 19 heavy (non-hydrogen) atoms. The number of amides is 1. The van der Waals surface area contributed by atoms with Gasteiger partial charge in [0, 0.05) is 5.56 Å². The van der Waals surface area contributed by atoms with Crippen LogP contribution in [0, 0.1) is 6.92 Å². The quantitative estimate of drug-likeness (QED) is 0.748.